The van der Waals surface area contributed by atoms with Crippen LogP contribution in [-0.2, 0) is 32.7 Å². The molecule has 0 aromatic heterocycles. The summed E-state index contributed by atoms with van der Waals surface area (Å²) in [7, 11) is 1.14. The Morgan fingerprint density at radius 1 is 0.378 bits per heavy atom. The van der Waals surface area contributed by atoms with Crippen LogP contribution >= 0.6 is 7.82 Å². The van der Waals surface area contributed by atoms with Crippen molar-refractivity contribution < 1.29 is 42.1 Å². The van der Waals surface area contributed by atoms with Crippen LogP contribution in [0.15, 0.2) is 146 Å². The molecule has 0 saturated heterocycles. The predicted molar refractivity (Wildman–Crippen MR) is 350 cm³/mol. The van der Waals surface area contributed by atoms with Gasteiger partial charge in [-0.3, -0.25) is 14.2 Å². The average molecular weight is 1160 g/mol. The van der Waals surface area contributed by atoms with E-state index in [9.17, 15) is 19.0 Å². The Hall–Kier alpha value is -4.11. The van der Waals surface area contributed by atoms with E-state index in [0.717, 1.165) is 122 Å². The number of quaternary nitrogens is 1. The molecule has 2 atom stereocenters. The lowest BCUT2D eigenvalue weighted by molar-refractivity contribution is -0.870. The van der Waals surface area contributed by atoms with Crippen LogP contribution in [0.1, 0.15) is 245 Å². The molecule has 0 aliphatic carbocycles. The summed E-state index contributed by atoms with van der Waals surface area (Å²) in [6, 6.07) is 0. The predicted octanol–water partition coefficient (Wildman–Crippen LogP) is 20.4. The Kier molecular flexibility index (Phi) is 58.4. The number of unbranched alkanes of at least 4 members (excludes halogenated alkanes) is 20. The molecule has 0 heterocycles. The van der Waals surface area contributed by atoms with Crippen molar-refractivity contribution in [1.29, 1.82) is 0 Å². The number of hydrogen-bond donors (Lipinski definition) is 0. The van der Waals surface area contributed by atoms with E-state index in [1.807, 2.05) is 21.1 Å². The fourth-order valence-corrected chi connectivity index (χ4v) is 9.16. The smallest absolute Gasteiger partial charge is 0.306 e. The van der Waals surface area contributed by atoms with Gasteiger partial charge in [0.05, 0.1) is 27.7 Å². The van der Waals surface area contributed by atoms with Crippen LogP contribution in [0.25, 0.3) is 0 Å². The van der Waals surface area contributed by atoms with Crippen molar-refractivity contribution in [3.05, 3.63) is 146 Å². The molecule has 0 bridgehead atoms. The minimum absolute atomic E-state index is 0.0421. The van der Waals surface area contributed by atoms with Gasteiger partial charge in [0.1, 0.15) is 19.8 Å². The minimum atomic E-state index is -4.66. The van der Waals surface area contributed by atoms with Gasteiger partial charge >= 0.3 is 11.9 Å². The van der Waals surface area contributed by atoms with E-state index in [1.165, 1.54) is 83.5 Å². The summed E-state index contributed by atoms with van der Waals surface area (Å²) in [4.78, 5) is 38.0. The average Bonchev–Trinajstić information content (AvgIpc) is 3.45. The third-order valence-corrected chi connectivity index (χ3v) is 14.3. The van der Waals surface area contributed by atoms with Gasteiger partial charge < -0.3 is 27.9 Å². The molecule has 0 aliphatic heterocycles. The highest BCUT2D eigenvalue weighted by Crippen LogP contribution is 2.38. The summed E-state index contributed by atoms with van der Waals surface area (Å²) in [6.45, 7) is 3.98. The standard InChI is InChI=1S/C72H120NO8P/c1-6-8-10-12-14-16-18-20-22-24-26-28-30-31-32-33-34-35-36-37-38-39-40-41-43-45-47-49-51-53-55-57-59-61-63-65-72(75)81-70(69-80-82(76,77)79-67-66-73(3,4)5)68-78-71(74)64-62-60-58-56-54-52-50-48-46-44-42-29-27-25-23-21-19-17-15-13-11-9-7-2/h8-11,14-17,20-23,26-29,31-32,34-35,44,46,50,52,70H,6-7,12-13,18-19,24-25,30,33,36-43,45,47-49,51,53-69H2,1-5H3/b10-8-,11-9-,16-14-,17-15-,22-20-,23-21-,28-26-,29-27-,32-31-,35-34-,46-44-,52-50-. The molecule has 2 unspecified atom stereocenters. The molecule has 0 spiro atoms. The number of likely N-dealkylation sites (N-methyl/N-ethyl adjacent to an activating group) is 1. The Balaban J connectivity index is 4.13. The van der Waals surface area contributed by atoms with E-state index < -0.39 is 32.5 Å². The highest BCUT2D eigenvalue weighted by molar-refractivity contribution is 7.45. The van der Waals surface area contributed by atoms with Crippen LogP contribution in [0.5, 0.6) is 0 Å². The highest BCUT2D eigenvalue weighted by atomic mass is 31.2. The van der Waals surface area contributed by atoms with E-state index in [0.29, 0.717) is 23.9 Å². The Morgan fingerprint density at radius 3 is 0.976 bits per heavy atom. The van der Waals surface area contributed by atoms with Crippen molar-refractivity contribution in [3.63, 3.8) is 0 Å². The second kappa shape index (κ2) is 61.5. The third-order valence-electron chi connectivity index (χ3n) is 13.4. The van der Waals surface area contributed by atoms with Gasteiger partial charge in [0, 0.05) is 12.8 Å². The summed E-state index contributed by atoms with van der Waals surface area (Å²) in [5.41, 5.74) is 0. The van der Waals surface area contributed by atoms with E-state index in [2.05, 4.69) is 160 Å². The number of esters is 2. The topological polar surface area (TPSA) is 111 Å². The van der Waals surface area contributed by atoms with Crippen LogP contribution < -0.4 is 4.89 Å². The molecule has 0 aliphatic rings. The number of carbonyl (C=O) groups is 2. The number of phosphoric acid groups is 1. The lowest BCUT2D eigenvalue weighted by Gasteiger charge is -2.28. The summed E-state index contributed by atoms with van der Waals surface area (Å²) >= 11 is 0. The number of ether oxygens (including phenoxy) is 2. The molecular weight excluding hydrogens is 1040 g/mol. The van der Waals surface area contributed by atoms with Crippen LogP contribution in [0.4, 0.5) is 0 Å². The Labute approximate surface area is 503 Å². The van der Waals surface area contributed by atoms with Crippen LogP contribution in [0, 0.1) is 0 Å². The third kappa shape index (κ3) is 65.0. The van der Waals surface area contributed by atoms with Crippen molar-refractivity contribution in [2.24, 2.45) is 0 Å². The van der Waals surface area contributed by atoms with Crippen molar-refractivity contribution in [2.75, 3.05) is 47.5 Å². The number of allylic oxidation sites excluding steroid dienone is 24. The van der Waals surface area contributed by atoms with E-state index >= 15 is 0 Å². The van der Waals surface area contributed by atoms with Gasteiger partial charge in [-0.2, -0.15) is 0 Å². The fraction of sp³-hybridized carbons (Fsp3) is 0.639. The fourth-order valence-electron chi connectivity index (χ4n) is 8.43. The molecule has 0 aromatic carbocycles. The maximum Gasteiger partial charge on any atom is 0.306 e. The minimum Gasteiger partial charge on any atom is -0.756 e. The quantitative estimate of drug-likeness (QED) is 0.0195. The Morgan fingerprint density at radius 2 is 0.659 bits per heavy atom. The highest BCUT2D eigenvalue weighted by Gasteiger charge is 2.22. The lowest BCUT2D eigenvalue weighted by atomic mass is 10.0. The first kappa shape index (κ1) is 77.9. The maximum atomic E-state index is 12.8. The van der Waals surface area contributed by atoms with Gasteiger partial charge in [-0.1, -0.05) is 262 Å². The number of rotatable bonds is 58. The molecule has 10 heteroatoms. The second-order valence-corrected chi connectivity index (χ2v) is 23.8. The lowest BCUT2D eigenvalue weighted by Crippen LogP contribution is -2.37. The molecule has 82 heavy (non-hydrogen) atoms. The Bertz CT molecular complexity index is 1890. The zero-order chi connectivity index (χ0) is 59.8. The number of hydrogen-bond acceptors (Lipinski definition) is 8. The van der Waals surface area contributed by atoms with E-state index in [4.69, 9.17) is 18.5 Å². The molecule has 0 rings (SSSR count). The molecule has 0 saturated carbocycles. The summed E-state index contributed by atoms with van der Waals surface area (Å²) in [5, 5.41) is 0. The van der Waals surface area contributed by atoms with Gasteiger partial charge in [-0.05, 0) is 116 Å². The monoisotopic (exact) mass is 1160 g/mol. The van der Waals surface area contributed by atoms with E-state index in [-0.39, 0.29) is 26.1 Å². The summed E-state index contributed by atoms with van der Waals surface area (Å²) in [5.74, 6) is -0.868. The van der Waals surface area contributed by atoms with E-state index in [1.54, 1.807) is 0 Å². The van der Waals surface area contributed by atoms with Crippen LogP contribution in [-0.4, -0.2) is 70.0 Å². The van der Waals surface area contributed by atoms with Crippen molar-refractivity contribution >= 4 is 19.8 Å². The van der Waals surface area contributed by atoms with Crippen LogP contribution in [0.3, 0.4) is 0 Å². The first-order valence-corrected chi connectivity index (χ1v) is 34.0. The number of nitrogens with zero attached hydrogens (tertiary/aromatic N) is 1. The molecule has 466 valence electrons. The van der Waals surface area contributed by atoms with Crippen LogP contribution in [0.2, 0.25) is 0 Å². The first-order chi connectivity index (χ1) is 40.0. The van der Waals surface area contributed by atoms with Gasteiger partial charge in [-0.25, -0.2) is 0 Å². The SMILES string of the molecule is CC/C=C\C/C=C\C/C=C\C/C=C\C/C=C\C/C=C\CCCCCCCCCCCCCCCCCCC(=O)OC(COC(=O)CCCCCC/C=C\C/C=C\C/C=C\C/C=C\C/C=C\C/C=C\CC)COP(=O)([O-])OCC[N+](C)(C)C. The normalized spacial score (nSPS) is 14.2. The molecule has 9 nitrogen and oxygen atoms in total. The van der Waals surface area contributed by atoms with Gasteiger partial charge in [0.2, 0.25) is 0 Å². The molecule has 0 fully saturated rings. The van der Waals surface area contributed by atoms with Crippen molar-refractivity contribution in [2.45, 2.75) is 251 Å². The largest absolute Gasteiger partial charge is 0.756 e. The van der Waals surface area contributed by atoms with Gasteiger partial charge in [-0.15, -0.1) is 0 Å². The zero-order valence-corrected chi connectivity index (χ0v) is 53.8. The molecule has 0 aromatic rings. The summed E-state index contributed by atoms with van der Waals surface area (Å²) < 4.78 is 34.2. The first-order valence-electron chi connectivity index (χ1n) is 32.5. The summed E-state index contributed by atoms with van der Waals surface area (Å²) in [6.07, 6.45) is 90.5. The zero-order valence-electron chi connectivity index (χ0n) is 52.9. The van der Waals surface area contributed by atoms with Crippen molar-refractivity contribution in [1.82, 2.24) is 0 Å². The number of carbonyl (C=O) groups excluding carboxylic acids is 2. The van der Waals surface area contributed by atoms with Gasteiger partial charge in [0.25, 0.3) is 7.82 Å². The molecule has 0 radical (unpaired) electrons. The van der Waals surface area contributed by atoms with Crippen molar-refractivity contribution in [3.8, 4) is 0 Å². The van der Waals surface area contributed by atoms with Gasteiger partial charge in [0.15, 0.2) is 6.10 Å². The molecule has 0 amide bonds. The number of phosphoric ester groups is 1. The maximum absolute atomic E-state index is 12.8. The molecular formula is C72H120NO8P. The second-order valence-electron chi connectivity index (χ2n) is 22.4. The molecule has 0 N–H and O–H groups in total.